The summed E-state index contributed by atoms with van der Waals surface area (Å²) in [5, 5.41) is 3.39. The number of carbonyl (C=O) groups excluding carboxylic acids is 1. The van der Waals surface area contributed by atoms with Gasteiger partial charge in [-0.2, -0.15) is 0 Å². The molecule has 6 heteroatoms. The fourth-order valence-corrected chi connectivity index (χ4v) is 1.83. The summed E-state index contributed by atoms with van der Waals surface area (Å²) in [5.74, 6) is 0.0918. The molecule has 1 fully saturated rings. The van der Waals surface area contributed by atoms with Crippen molar-refractivity contribution in [3.8, 4) is 11.8 Å². The Morgan fingerprint density at radius 2 is 1.90 bits per heavy atom. The number of nitrogens with two attached hydrogens (primary N) is 1. The van der Waals surface area contributed by atoms with Crippen LogP contribution in [0.5, 0.6) is 11.8 Å². The van der Waals surface area contributed by atoms with Gasteiger partial charge in [-0.15, -0.1) is 0 Å². The second-order valence-electron chi connectivity index (χ2n) is 5.02. The van der Waals surface area contributed by atoms with Crippen LogP contribution in [0, 0.1) is 0 Å². The summed E-state index contributed by atoms with van der Waals surface area (Å²) in [7, 11) is 0. The third-order valence-corrected chi connectivity index (χ3v) is 3.20. The summed E-state index contributed by atoms with van der Waals surface area (Å²) in [6, 6.07) is 7.46. The van der Waals surface area contributed by atoms with Crippen LogP contribution in [-0.4, -0.2) is 21.9 Å². The minimum atomic E-state index is -0.467. The first-order valence-electron chi connectivity index (χ1n) is 6.83. The number of primary amides is 1. The first-order chi connectivity index (χ1) is 10.2. The van der Waals surface area contributed by atoms with E-state index in [1.54, 1.807) is 36.7 Å². The molecule has 6 nitrogen and oxygen atoms in total. The van der Waals surface area contributed by atoms with E-state index in [2.05, 4.69) is 15.3 Å². The molecule has 0 spiro atoms. The average Bonchev–Trinajstić information content (AvgIpc) is 3.31. The van der Waals surface area contributed by atoms with Crippen molar-refractivity contribution in [1.29, 1.82) is 0 Å². The summed E-state index contributed by atoms with van der Waals surface area (Å²) >= 11 is 0. The van der Waals surface area contributed by atoms with Crippen LogP contribution >= 0.6 is 0 Å². The van der Waals surface area contributed by atoms with Gasteiger partial charge in [0.2, 0.25) is 5.91 Å². The lowest BCUT2D eigenvalue weighted by molar-refractivity contribution is 0.100. The Morgan fingerprint density at radius 3 is 2.48 bits per heavy atom. The van der Waals surface area contributed by atoms with E-state index < -0.39 is 5.91 Å². The predicted octanol–water partition coefficient (Wildman–Crippen LogP) is 1.62. The summed E-state index contributed by atoms with van der Waals surface area (Å²) in [6.45, 7) is 0.776. The Morgan fingerprint density at radius 1 is 1.24 bits per heavy atom. The van der Waals surface area contributed by atoms with Gasteiger partial charge in [-0.3, -0.25) is 4.79 Å². The van der Waals surface area contributed by atoms with Crippen molar-refractivity contribution in [2.45, 2.75) is 25.4 Å². The maximum absolute atomic E-state index is 11.0. The van der Waals surface area contributed by atoms with E-state index in [4.69, 9.17) is 10.5 Å². The van der Waals surface area contributed by atoms with Crippen molar-refractivity contribution < 1.29 is 9.53 Å². The van der Waals surface area contributed by atoms with Crippen LogP contribution in [0.2, 0.25) is 0 Å². The van der Waals surface area contributed by atoms with Crippen LogP contribution in [0.3, 0.4) is 0 Å². The number of benzene rings is 1. The highest BCUT2D eigenvalue weighted by atomic mass is 16.5. The minimum absolute atomic E-state index is 0.275. The zero-order valence-corrected chi connectivity index (χ0v) is 11.5. The molecule has 3 N–H and O–H groups in total. The SMILES string of the molecule is NC(=O)c1ccc(Oc2ncc(CNC3CC3)cn2)cc1. The van der Waals surface area contributed by atoms with Crippen LogP contribution in [0.4, 0.5) is 0 Å². The molecule has 0 atom stereocenters. The highest BCUT2D eigenvalue weighted by Crippen LogP contribution is 2.20. The third-order valence-electron chi connectivity index (χ3n) is 3.20. The topological polar surface area (TPSA) is 90.1 Å². The average molecular weight is 284 g/mol. The Balaban J connectivity index is 1.59. The van der Waals surface area contributed by atoms with Gasteiger partial charge in [0.25, 0.3) is 0 Å². The Bertz CT molecular complexity index is 621. The van der Waals surface area contributed by atoms with Gasteiger partial charge >= 0.3 is 6.01 Å². The maximum atomic E-state index is 11.0. The zero-order chi connectivity index (χ0) is 14.7. The number of hydrogen-bond acceptors (Lipinski definition) is 5. The van der Waals surface area contributed by atoms with E-state index in [1.165, 1.54) is 12.8 Å². The van der Waals surface area contributed by atoms with Gasteiger partial charge in [0.15, 0.2) is 0 Å². The smallest absolute Gasteiger partial charge is 0.321 e. The van der Waals surface area contributed by atoms with Crippen molar-refractivity contribution in [1.82, 2.24) is 15.3 Å². The number of nitrogens with zero attached hydrogens (tertiary/aromatic N) is 2. The molecule has 0 bridgehead atoms. The van der Waals surface area contributed by atoms with E-state index in [9.17, 15) is 4.79 Å². The van der Waals surface area contributed by atoms with Gasteiger partial charge < -0.3 is 15.8 Å². The second kappa shape index (κ2) is 5.88. The largest absolute Gasteiger partial charge is 0.424 e. The van der Waals surface area contributed by atoms with E-state index in [1.807, 2.05) is 0 Å². The summed E-state index contributed by atoms with van der Waals surface area (Å²) in [6.07, 6.45) is 6.00. The Hall–Kier alpha value is -2.47. The normalized spacial score (nSPS) is 13.9. The van der Waals surface area contributed by atoms with Crippen LogP contribution in [0.1, 0.15) is 28.8 Å². The molecular weight excluding hydrogens is 268 g/mol. The number of rotatable bonds is 6. The predicted molar refractivity (Wildman–Crippen MR) is 76.9 cm³/mol. The fraction of sp³-hybridized carbons (Fsp3) is 0.267. The number of amides is 1. The first-order valence-corrected chi connectivity index (χ1v) is 6.83. The van der Waals surface area contributed by atoms with Gasteiger partial charge in [-0.25, -0.2) is 9.97 Å². The highest BCUT2D eigenvalue weighted by molar-refractivity contribution is 5.92. The molecule has 21 heavy (non-hydrogen) atoms. The lowest BCUT2D eigenvalue weighted by atomic mass is 10.2. The van der Waals surface area contributed by atoms with E-state index in [-0.39, 0.29) is 6.01 Å². The number of hydrogen-bond donors (Lipinski definition) is 2. The maximum Gasteiger partial charge on any atom is 0.321 e. The molecule has 0 saturated heterocycles. The monoisotopic (exact) mass is 284 g/mol. The van der Waals surface area contributed by atoms with Crippen molar-refractivity contribution in [3.05, 3.63) is 47.8 Å². The molecule has 1 aromatic heterocycles. The van der Waals surface area contributed by atoms with Crippen molar-refractivity contribution in [2.75, 3.05) is 0 Å². The van der Waals surface area contributed by atoms with Gasteiger partial charge in [0.1, 0.15) is 5.75 Å². The molecule has 0 radical (unpaired) electrons. The molecule has 1 aliphatic rings. The standard InChI is InChI=1S/C15H16N4O2/c16-14(20)11-1-5-13(6-2-11)21-15-18-8-10(9-19-15)7-17-12-3-4-12/h1-2,5-6,8-9,12,17H,3-4,7H2,(H2,16,20). The molecule has 0 unspecified atom stereocenters. The Labute approximate surface area is 122 Å². The molecule has 1 aromatic carbocycles. The summed E-state index contributed by atoms with van der Waals surface area (Å²) < 4.78 is 5.51. The second-order valence-corrected chi connectivity index (χ2v) is 5.02. The van der Waals surface area contributed by atoms with Gasteiger partial charge in [-0.1, -0.05) is 0 Å². The van der Waals surface area contributed by atoms with Crippen LogP contribution in [0.15, 0.2) is 36.7 Å². The van der Waals surface area contributed by atoms with E-state index in [0.29, 0.717) is 17.4 Å². The van der Waals surface area contributed by atoms with E-state index in [0.717, 1.165) is 12.1 Å². The quantitative estimate of drug-likeness (QED) is 0.841. The molecule has 1 aliphatic carbocycles. The molecule has 108 valence electrons. The summed E-state index contributed by atoms with van der Waals surface area (Å²) in [4.78, 5) is 19.3. The molecule has 1 saturated carbocycles. The summed E-state index contributed by atoms with van der Waals surface area (Å²) in [5.41, 5.74) is 6.64. The number of nitrogens with one attached hydrogen (secondary N) is 1. The van der Waals surface area contributed by atoms with Crippen LogP contribution in [-0.2, 0) is 6.54 Å². The van der Waals surface area contributed by atoms with Crippen molar-refractivity contribution in [3.63, 3.8) is 0 Å². The lowest BCUT2D eigenvalue weighted by Crippen LogP contribution is -2.15. The number of aromatic nitrogens is 2. The van der Waals surface area contributed by atoms with Crippen LogP contribution < -0.4 is 15.8 Å². The molecule has 1 heterocycles. The minimum Gasteiger partial charge on any atom is -0.424 e. The number of ether oxygens (including phenoxy) is 1. The molecule has 2 aromatic rings. The zero-order valence-electron chi connectivity index (χ0n) is 11.5. The first kappa shape index (κ1) is 13.5. The molecule has 3 rings (SSSR count). The van der Waals surface area contributed by atoms with Crippen molar-refractivity contribution in [2.24, 2.45) is 5.73 Å². The highest BCUT2D eigenvalue weighted by Gasteiger charge is 2.19. The molecule has 0 aliphatic heterocycles. The fourth-order valence-electron chi connectivity index (χ4n) is 1.83. The lowest BCUT2D eigenvalue weighted by Gasteiger charge is -2.05. The third kappa shape index (κ3) is 3.76. The number of carbonyl (C=O) groups is 1. The Kier molecular flexibility index (Phi) is 3.79. The molecular formula is C15H16N4O2. The van der Waals surface area contributed by atoms with Crippen molar-refractivity contribution >= 4 is 5.91 Å². The van der Waals surface area contributed by atoms with Gasteiger partial charge in [-0.05, 0) is 37.1 Å². The van der Waals surface area contributed by atoms with E-state index >= 15 is 0 Å². The van der Waals surface area contributed by atoms with Crippen LogP contribution in [0.25, 0.3) is 0 Å². The molecule has 1 amide bonds. The van der Waals surface area contributed by atoms with Gasteiger partial charge in [0.05, 0.1) is 0 Å². The van der Waals surface area contributed by atoms with Gasteiger partial charge in [0, 0.05) is 36.1 Å².